The Kier molecular flexibility index (Phi) is 5.03. The van der Waals surface area contributed by atoms with E-state index in [1.807, 2.05) is 6.20 Å². The Bertz CT molecular complexity index is 431. The standard InChI is InChI=1S/C17H28N2O/c1-4-9-20-14-10-13(11-19-12-14)16(18)15-7-5-6-8-17(15,2)3/h10-12,15-16H,4-9,18H2,1-3H3. The van der Waals surface area contributed by atoms with Crippen LogP contribution in [0.2, 0.25) is 0 Å². The van der Waals surface area contributed by atoms with E-state index in [1.54, 1.807) is 6.20 Å². The highest BCUT2D eigenvalue weighted by molar-refractivity contribution is 5.26. The van der Waals surface area contributed by atoms with Crippen molar-refractivity contribution in [3.63, 3.8) is 0 Å². The van der Waals surface area contributed by atoms with Gasteiger partial charge < -0.3 is 10.5 Å². The van der Waals surface area contributed by atoms with Crippen LogP contribution >= 0.6 is 0 Å². The van der Waals surface area contributed by atoms with Gasteiger partial charge in [0.1, 0.15) is 5.75 Å². The van der Waals surface area contributed by atoms with Crippen molar-refractivity contribution in [1.82, 2.24) is 4.98 Å². The Morgan fingerprint density at radius 2 is 2.20 bits per heavy atom. The molecule has 1 heterocycles. The molecule has 0 radical (unpaired) electrons. The van der Waals surface area contributed by atoms with E-state index >= 15 is 0 Å². The minimum atomic E-state index is 0.0583. The molecule has 0 bridgehead atoms. The van der Waals surface area contributed by atoms with Gasteiger partial charge in [0.25, 0.3) is 0 Å². The fourth-order valence-corrected chi connectivity index (χ4v) is 3.34. The Morgan fingerprint density at radius 3 is 2.90 bits per heavy atom. The second-order valence-electron chi connectivity index (χ2n) is 6.67. The summed E-state index contributed by atoms with van der Waals surface area (Å²) in [5, 5.41) is 0. The lowest BCUT2D eigenvalue weighted by Crippen LogP contribution is -2.36. The van der Waals surface area contributed by atoms with Crippen LogP contribution in [-0.2, 0) is 0 Å². The summed E-state index contributed by atoms with van der Waals surface area (Å²) in [4.78, 5) is 4.30. The van der Waals surface area contributed by atoms with Crippen LogP contribution < -0.4 is 10.5 Å². The van der Waals surface area contributed by atoms with Crippen molar-refractivity contribution in [2.45, 2.75) is 58.9 Å². The first-order valence-electron chi connectivity index (χ1n) is 7.88. The zero-order valence-electron chi connectivity index (χ0n) is 13.1. The molecule has 0 amide bonds. The monoisotopic (exact) mass is 276 g/mol. The molecule has 2 N–H and O–H groups in total. The second kappa shape index (κ2) is 6.57. The number of pyridine rings is 1. The van der Waals surface area contributed by atoms with Gasteiger partial charge in [0.2, 0.25) is 0 Å². The normalized spacial score (nSPS) is 23.3. The van der Waals surface area contributed by atoms with E-state index < -0.39 is 0 Å². The maximum absolute atomic E-state index is 6.55. The van der Waals surface area contributed by atoms with Gasteiger partial charge in [0, 0.05) is 12.2 Å². The van der Waals surface area contributed by atoms with Gasteiger partial charge in [0.15, 0.2) is 0 Å². The fraction of sp³-hybridized carbons (Fsp3) is 0.706. The van der Waals surface area contributed by atoms with Crippen LogP contribution in [0, 0.1) is 11.3 Å². The average Bonchev–Trinajstić information content (AvgIpc) is 2.44. The number of hydrogen-bond acceptors (Lipinski definition) is 3. The fourth-order valence-electron chi connectivity index (χ4n) is 3.34. The molecule has 2 unspecified atom stereocenters. The smallest absolute Gasteiger partial charge is 0.137 e. The molecule has 1 aromatic rings. The molecule has 1 aliphatic rings. The third-order valence-corrected chi connectivity index (χ3v) is 4.62. The van der Waals surface area contributed by atoms with Gasteiger partial charge >= 0.3 is 0 Å². The van der Waals surface area contributed by atoms with Crippen molar-refractivity contribution in [2.24, 2.45) is 17.1 Å². The molecule has 3 heteroatoms. The van der Waals surface area contributed by atoms with Crippen LogP contribution in [0.25, 0.3) is 0 Å². The number of nitrogens with two attached hydrogens (primary N) is 1. The van der Waals surface area contributed by atoms with Crippen molar-refractivity contribution in [3.05, 3.63) is 24.0 Å². The lowest BCUT2D eigenvalue weighted by Gasteiger charge is -2.42. The molecule has 1 saturated carbocycles. The summed E-state index contributed by atoms with van der Waals surface area (Å²) < 4.78 is 5.67. The molecule has 2 rings (SSSR count). The first-order valence-corrected chi connectivity index (χ1v) is 7.88. The average molecular weight is 276 g/mol. The van der Waals surface area contributed by atoms with Gasteiger partial charge in [-0.25, -0.2) is 0 Å². The summed E-state index contributed by atoms with van der Waals surface area (Å²) in [6, 6.07) is 2.13. The minimum absolute atomic E-state index is 0.0583. The van der Waals surface area contributed by atoms with Gasteiger partial charge in [0.05, 0.1) is 12.8 Å². The van der Waals surface area contributed by atoms with Gasteiger partial charge in [-0.3, -0.25) is 4.98 Å². The molecular formula is C17H28N2O. The van der Waals surface area contributed by atoms with Crippen LogP contribution in [0.5, 0.6) is 5.75 Å². The largest absolute Gasteiger partial charge is 0.492 e. The van der Waals surface area contributed by atoms with E-state index in [9.17, 15) is 0 Å². The van der Waals surface area contributed by atoms with Crippen molar-refractivity contribution in [1.29, 1.82) is 0 Å². The van der Waals surface area contributed by atoms with Crippen LogP contribution in [-0.4, -0.2) is 11.6 Å². The molecule has 2 atom stereocenters. The Balaban J connectivity index is 2.13. The highest BCUT2D eigenvalue weighted by Gasteiger charge is 2.36. The van der Waals surface area contributed by atoms with E-state index in [2.05, 4.69) is 31.8 Å². The Labute approximate surface area is 122 Å². The lowest BCUT2D eigenvalue weighted by atomic mass is 9.65. The van der Waals surface area contributed by atoms with Crippen LogP contribution in [0.15, 0.2) is 18.5 Å². The van der Waals surface area contributed by atoms with Crippen LogP contribution in [0.1, 0.15) is 64.5 Å². The number of ether oxygens (including phenoxy) is 1. The van der Waals surface area contributed by atoms with E-state index in [0.29, 0.717) is 11.3 Å². The quantitative estimate of drug-likeness (QED) is 0.881. The number of nitrogens with zero attached hydrogens (tertiary/aromatic N) is 1. The third-order valence-electron chi connectivity index (χ3n) is 4.62. The molecule has 20 heavy (non-hydrogen) atoms. The lowest BCUT2D eigenvalue weighted by molar-refractivity contribution is 0.112. The maximum Gasteiger partial charge on any atom is 0.137 e. The molecule has 1 fully saturated rings. The molecule has 0 saturated heterocycles. The van der Waals surface area contributed by atoms with Crippen molar-refractivity contribution >= 4 is 0 Å². The SMILES string of the molecule is CCCOc1cncc(C(N)C2CCCCC2(C)C)c1. The zero-order valence-corrected chi connectivity index (χ0v) is 13.1. The predicted molar refractivity (Wildman–Crippen MR) is 82.7 cm³/mol. The summed E-state index contributed by atoms with van der Waals surface area (Å²) >= 11 is 0. The highest BCUT2D eigenvalue weighted by Crippen LogP contribution is 2.46. The van der Waals surface area contributed by atoms with Gasteiger partial charge in [-0.2, -0.15) is 0 Å². The van der Waals surface area contributed by atoms with Gasteiger partial charge in [-0.1, -0.05) is 33.6 Å². The molecule has 3 nitrogen and oxygen atoms in total. The number of aromatic nitrogens is 1. The van der Waals surface area contributed by atoms with Crippen molar-refractivity contribution < 1.29 is 4.74 Å². The third kappa shape index (κ3) is 3.51. The van der Waals surface area contributed by atoms with Crippen molar-refractivity contribution in [3.8, 4) is 5.75 Å². The second-order valence-corrected chi connectivity index (χ2v) is 6.67. The molecule has 1 aromatic heterocycles. The van der Waals surface area contributed by atoms with Crippen LogP contribution in [0.3, 0.4) is 0 Å². The summed E-state index contributed by atoms with van der Waals surface area (Å²) in [6.45, 7) is 7.53. The number of rotatable bonds is 5. The van der Waals surface area contributed by atoms with E-state index in [0.717, 1.165) is 24.3 Å². The summed E-state index contributed by atoms with van der Waals surface area (Å²) in [5.74, 6) is 1.37. The summed E-state index contributed by atoms with van der Waals surface area (Å²) in [6.07, 6.45) is 9.78. The van der Waals surface area contributed by atoms with Gasteiger partial charge in [-0.15, -0.1) is 0 Å². The van der Waals surface area contributed by atoms with Gasteiger partial charge in [-0.05, 0) is 42.2 Å². The molecule has 112 valence electrons. The predicted octanol–water partition coefficient (Wildman–Crippen LogP) is 4.09. The van der Waals surface area contributed by atoms with Crippen LogP contribution in [0.4, 0.5) is 0 Å². The maximum atomic E-state index is 6.55. The Hall–Kier alpha value is -1.09. The molecular weight excluding hydrogens is 248 g/mol. The molecule has 0 aliphatic heterocycles. The van der Waals surface area contributed by atoms with E-state index in [1.165, 1.54) is 25.7 Å². The minimum Gasteiger partial charge on any atom is -0.492 e. The summed E-state index contributed by atoms with van der Waals surface area (Å²) in [5.41, 5.74) is 7.97. The first kappa shape index (κ1) is 15.3. The topological polar surface area (TPSA) is 48.1 Å². The molecule has 0 aromatic carbocycles. The molecule has 0 spiro atoms. The van der Waals surface area contributed by atoms with E-state index in [-0.39, 0.29) is 6.04 Å². The van der Waals surface area contributed by atoms with E-state index in [4.69, 9.17) is 10.5 Å². The highest BCUT2D eigenvalue weighted by atomic mass is 16.5. The van der Waals surface area contributed by atoms with Crippen molar-refractivity contribution in [2.75, 3.05) is 6.61 Å². The Morgan fingerprint density at radius 1 is 1.40 bits per heavy atom. The first-order chi connectivity index (χ1) is 9.54. The summed E-state index contributed by atoms with van der Waals surface area (Å²) in [7, 11) is 0. The number of hydrogen-bond donors (Lipinski definition) is 1. The molecule has 1 aliphatic carbocycles. The zero-order chi connectivity index (χ0) is 14.6.